The van der Waals surface area contributed by atoms with Crippen LogP contribution in [0.3, 0.4) is 0 Å². The number of hydrogen-bond acceptors (Lipinski definition) is 2. The minimum absolute atomic E-state index is 0.525. The highest BCUT2D eigenvalue weighted by atomic mass is 16.4. The molecule has 2 unspecified atom stereocenters. The summed E-state index contributed by atoms with van der Waals surface area (Å²) in [6.07, 6.45) is 6.01. The Balaban J connectivity index is 2.45. The van der Waals surface area contributed by atoms with Gasteiger partial charge in [-0.1, -0.05) is 33.6 Å². The van der Waals surface area contributed by atoms with E-state index in [2.05, 4.69) is 26.1 Å². The molecule has 0 spiro atoms. The molecule has 2 N–H and O–H groups in total. The van der Waals surface area contributed by atoms with Gasteiger partial charge < -0.3 is 10.4 Å². The van der Waals surface area contributed by atoms with E-state index in [1.807, 2.05) is 0 Å². The zero-order valence-corrected chi connectivity index (χ0v) is 11.5. The van der Waals surface area contributed by atoms with Gasteiger partial charge in [-0.2, -0.15) is 0 Å². The molecule has 0 aromatic heterocycles. The predicted molar refractivity (Wildman–Crippen MR) is 70.1 cm³/mol. The quantitative estimate of drug-likeness (QED) is 0.703. The lowest BCUT2D eigenvalue weighted by Gasteiger charge is -2.37. The molecule has 0 saturated heterocycles. The van der Waals surface area contributed by atoms with Crippen LogP contribution >= 0.6 is 0 Å². The third-order valence-corrected chi connectivity index (χ3v) is 3.83. The largest absolute Gasteiger partial charge is 0.480 e. The van der Waals surface area contributed by atoms with Crippen LogP contribution in [-0.4, -0.2) is 23.2 Å². The SMILES string of the molecule is CC(C)CCCNC1(C(=O)O)CCCC(C)C1. The second-order valence-corrected chi connectivity index (χ2v) is 6.05. The van der Waals surface area contributed by atoms with Crippen molar-refractivity contribution in [2.45, 2.75) is 64.8 Å². The monoisotopic (exact) mass is 241 g/mol. The van der Waals surface area contributed by atoms with Gasteiger partial charge in [0.25, 0.3) is 0 Å². The molecule has 1 saturated carbocycles. The first kappa shape index (κ1) is 14.5. The fraction of sp³-hybridized carbons (Fsp3) is 0.929. The number of nitrogens with one attached hydrogen (secondary N) is 1. The molecule has 1 rings (SSSR count). The molecule has 0 heterocycles. The van der Waals surface area contributed by atoms with Gasteiger partial charge >= 0.3 is 5.97 Å². The Morgan fingerprint density at radius 3 is 2.76 bits per heavy atom. The van der Waals surface area contributed by atoms with E-state index in [4.69, 9.17) is 0 Å². The topological polar surface area (TPSA) is 49.3 Å². The molecular formula is C14H27NO2. The van der Waals surface area contributed by atoms with Crippen molar-refractivity contribution in [3.05, 3.63) is 0 Å². The lowest BCUT2D eigenvalue weighted by molar-refractivity contribution is -0.147. The fourth-order valence-corrected chi connectivity index (χ4v) is 2.82. The molecule has 0 aromatic rings. The molecule has 0 amide bonds. The Hall–Kier alpha value is -0.570. The molecule has 3 heteroatoms. The number of rotatable bonds is 6. The van der Waals surface area contributed by atoms with E-state index in [9.17, 15) is 9.90 Å². The molecule has 0 radical (unpaired) electrons. The Morgan fingerprint density at radius 1 is 1.53 bits per heavy atom. The molecule has 2 atom stereocenters. The summed E-state index contributed by atoms with van der Waals surface area (Å²) in [6, 6.07) is 0. The number of aliphatic carboxylic acids is 1. The smallest absolute Gasteiger partial charge is 0.323 e. The van der Waals surface area contributed by atoms with Gasteiger partial charge in [0.05, 0.1) is 0 Å². The van der Waals surface area contributed by atoms with E-state index in [0.717, 1.165) is 38.6 Å². The maximum Gasteiger partial charge on any atom is 0.323 e. The van der Waals surface area contributed by atoms with Crippen LogP contribution in [0, 0.1) is 11.8 Å². The normalized spacial score (nSPS) is 29.5. The summed E-state index contributed by atoms with van der Waals surface area (Å²) in [5.74, 6) is 0.564. The first-order valence-corrected chi connectivity index (χ1v) is 6.95. The van der Waals surface area contributed by atoms with Crippen molar-refractivity contribution in [3.63, 3.8) is 0 Å². The van der Waals surface area contributed by atoms with Crippen LogP contribution in [0.15, 0.2) is 0 Å². The maximum atomic E-state index is 11.5. The van der Waals surface area contributed by atoms with Crippen molar-refractivity contribution in [2.24, 2.45) is 11.8 Å². The minimum Gasteiger partial charge on any atom is -0.480 e. The van der Waals surface area contributed by atoms with Crippen LogP contribution in [0.5, 0.6) is 0 Å². The average Bonchev–Trinajstić information content (AvgIpc) is 2.24. The summed E-state index contributed by atoms with van der Waals surface area (Å²) in [6.45, 7) is 7.40. The van der Waals surface area contributed by atoms with E-state index in [-0.39, 0.29) is 0 Å². The van der Waals surface area contributed by atoms with E-state index >= 15 is 0 Å². The maximum absolute atomic E-state index is 11.5. The fourth-order valence-electron chi connectivity index (χ4n) is 2.82. The molecule has 1 fully saturated rings. The molecule has 3 nitrogen and oxygen atoms in total. The van der Waals surface area contributed by atoms with Crippen LogP contribution in [0.25, 0.3) is 0 Å². The third kappa shape index (κ3) is 4.30. The van der Waals surface area contributed by atoms with Crippen molar-refractivity contribution in [1.82, 2.24) is 5.32 Å². The van der Waals surface area contributed by atoms with E-state index in [0.29, 0.717) is 11.8 Å². The van der Waals surface area contributed by atoms with Crippen LogP contribution in [0.1, 0.15) is 59.3 Å². The van der Waals surface area contributed by atoms with Gasteiger partial charge in [0.2, 0.25) is 0 Å². The first-order chi connectivity index (χ1) is 7.96. The molecular weight excluding hydrogens is 214 g/mol. The van der Waals surface area contributed by atoms with Gasteiger partial charge in [0.15, 0.2) is 0 Å². The Morgan fingerprint density at radius 2 is 2.24 bits per heavy atom. The molecule has 1 aliphatic carbocycles. The highest BCUT2D eigenvalue weighted by Crippen LogP contribution is 2.32. The average molecular weight is 241 g/mol. The van der Waals surface area contributed by atoms with E-state index in [1.165, 1.54) is 6.42 Å². The van der Waals surface area contributed by atoms with Crippen molar-refractivity contribution in [3.8, 4) is 0 Å². The Bertz CT molecular complexity index is 253. The highest BCUT2D eigenvalue weighted by molar-refractivity contribution is 5.79. The molecule has 0 bridgehead atoms. The lowest BCUT2D eigenvalue weighted by Crippen LogP contribution is -2.55. The summed E-state index contributed by atoms with van der Waals surface area (Å²) in [7, 11) is 0. The molecule has 0 aromatic carbocycles. The van der Waals surface area contributed by atoms with Crippen molar-refractivity contribution >= 4 is 5.97 Å². The van der Waals surface area contributed by atoms with Gasteiger partial charge in [0.1, 0.15) is 5.54 Å². The number of hydrogen-bond donors (Lipinski definition) is 2. The minimum atomic E-state index is -0.659. The third-order valence-electron chi connectivity index (χ3n) is 3.83. The second-order valence-electron chi connectivity index (χ2n) is 6.05. The molecule has 17 heavy (non-hydrogen) atoms. The van der Waals surface area contributed by atoms with E-state index < -0.39 is 11.5 Å². The van der Waals surface area contributed by atoms with Crippen LogP contribution < -0.4 is 5.32 Å². The first-order valence-electron chi connectivity index (χ1n) is 6.95. The zero-order chi connectivity index (χ0) is 12.9. The van der Waals surface area contributed by atoms with Crippen LogP contribution in [-0.2, 0) is 4.79 Å². The Kier molecular flexibility index (Phi) is 5.44. The zero-order valence-electron chi connectivity index (χ0n) is 11.5. The summed E-state index contributed by atoms with van der Waals surface area (Å²) >= 11 is 0. The van der Waals surface area contributed by atoms with Crippen LogP contribution in [0.4, 0.5) is 0 Å². The standard InChI is InChI=1S/C14H27NO2/c1-11(2)6-5-9-15-14(13(16)17)8-4-7-12(3)10-14/h11-12,15H,4-10H2,1-3H3,(H,16,17). The second kappa shape index (κ2) is 6.39. The van der Waals surface area contributed by atoms with Gasteiger partial charge in [-0.25, -0.2) is 0 Å². The number of carboxylic acids is 1. The Labute approximate surface area is 105 Å². The summed E-state index contributed by atoms with van der Waals surface area (Å²) in [4.78, 5) is 11.5. The molecule has 1 aliphatic rings. The van der Waals surface area contributed by atoms with Crippen LogP contribution in [0.2, 0.25) is 0 Å². The van der Waals surface area contributed by atoms with Gasteiger partial charge in [-0.3, -0.25) is 4.79 Å². The summed E-state index contributed by atoms with van der Waals surface area (Å²) in [5.41, 5.74) is -0.644. The van der Waals surface area contributed by atoms with Crippen molar-refractivity contribution < 1.29 is 9.90 Å². The number of carboxylic acid groups (broad SMARTS) is 1. The molecule has 100 valence electrons. The van der Waals surface area contributed by atoms with E-state index in [1.54, 1.807) is 0 Å². The van der Waals surface area contributed by atoms with Crippen molar-refractivity contribution in [2.75, 3.05) is 6.54 Å². The van der Waals surface area contributed by atoms with Crippen molar-refractivity contribution in [1.29, 1.82) is 0 Å². The lowest BCUT2D eigenvalue weighted by atomic mass is 9.76. The summed E-state index contributed by atoms with van der Waals surface area (Å²) < 4.78 is 0. The van der Waals surface area contributed by atoms with Gasteiger partial charge in [-0.15, -0.1) is 0 Å². The predicted octanol–water partition coefficient (Wildman–Crippen LogP) is 3.05. The van der Waals surface area contributed by atoms with Gasteiger partial charge in [0, 0.05) is 0 Å². The molecule has 0 aliphatic heterocycles. The summed E-state index contributed by atoms with van der Waals surface area (Å²) in [5, 5.41) is 12.8. The number of carbonyl (C=O) groups is 1. The van der Waals surface area contributed by atoms with Gasteiger partial charge in [-0.05, 0) is 44.1 Å². The highest BCUT2D eigenvalue weighted by Gasteiger charge is 2.41.